The number of aryl methyl sites for hydroxylation is 1. The van der Waals surface area contributed by atoms with Gasteiger partial charge in [-0.05, 0) is 18.1 Å². The van der Waals surface area contributed by atoms with Crippen molar-refractivity contribution in [1.82, 2.24) is 4.98 Å². The number of hydrogen-bond donors (Lipinski definition) is 1. The highest BCUT2D eigenvalue weighted by atomic mass is 19.4. The Balaban J connectivity index is 3.10. The average Bonchev–Trinajstić information content (AvgIpc) is 2.17. The van der Waals surface area contributed by atoms with E-state index in [0.29, 0.717) is 17.7 Å². The quantitative estimate of drug-likeness (QED) is 0.846. The first-order valence-corrected chi connectivity index (χ1v) is 4.74. The fraction of sp³-hybridized carbons (Fsp3) is 0.500. The maximum absolute atomic E-state index is 12.4. The number of halogens is 3. The molecule has 0 radical (unpaired) electrons. The van der Waals surface area contributed by atoms with Crippen molar-refractivity contribution >= 4 is 0 Å². The van der Waals surface area contributed by atoms with Gasteiger partial charge in [0.25, 0.3) is 0 Å². The van der Waals surface area contributed by atoms with Crippen LogP contribution < -0.4 is 5.73 Å². The molecule has 1 aromatic heterocycles. The summed E-state index contributed by atoms with van der Waals surface area (Å²) in [4.78, 5) is 3.74. The lowest BCUT2D eigenvalue weighted by molar-refractivity contribution is -0.137. The minimum atomic E-state index is -4.33. The van der Waals surface area contributed by atoms with Crippen molar-refractivity contribution in [3.8, 4) is 0 Å². The van der Waals surface area contributed by atoms with Crippen LogP contribution in [0.3, 0.4) is 0 Å². The van der Waals surface area contributed by atoms with Gasteiger partial charge in [0.15, 0.2) is 0 Å². The average molecular weight is 218 g/mol. The highest BCUT2D eigenvalue weighted by molar-refractivity contribution is 5.27. The molecule has 0 aromatic carbocycles. The Morgan fingerprint density at radius 2 is 2.07 bits per heavy atom. The minimum absolute atomic E-state index is 0.174. The number of aromatic nitrogens is 1. The van der Waals surface area contributed by atoms with Crippen LogP contribution >= 0.6 is 0 Å². The van der Waals surface area contributed by atoms with Gasteiger partial charge in [0.1, 0.15) is 0 Å². The van der Waals surface area contributed by atoms with Crippen molar-refractivity contribution in [2.75, 3.05) is 0 Å². The van der Waals surface area contributed by atoms with Crippen LogP contribution in [0.1, 0.15) is 30.2 Å². The van der Waals surface area contributed by atoms with E-state index in [1.54, 1.807) is 0 Å². The Morgan fingerprint density at radius 3 is 2.53 bits per heavy atom. The molecule has 2 N–H and O–H groups in total. The number of alkyl halides is 3. The van der Waals surface area contributed by atoms with E-state index in [4.69, 9.17) is 5.73 Å². The molecular weight excluding hydrogens is 205 g/mol. The number of nitrogens with zero attached hydrogens (tertiary/aromatic N) is 1. The lowest BCUT2D eigenvalue weighted by Gasteiger charge is -2.10. The summed E-state index contributed by atoms with van der Waals surface area (Å²) in [5.41, 5.74) is 5.83. The van der Waals surface area contributed by atoms with E-state index in [1.807, 2.05) is 6.92 Å². The van der Waals surface area contributed by atoms with E-state index < -0.39 is 11.7 Å². The maximum atomic E-state index is 12.4. The van der Waals surface area contributed by atoms with Crippen LogP contribution in [0.15, 0.2) is 12.3 Å². The van der Waals surface area contributed by atoms with Gasteiger partial charge in [-0.3, -0.25) is 4.98 Å². The second-order valence-electron chi connectivity index (χ2n) is 3.28. The molecule has 2 nitrogen and oxygen atoms in total. The molecule has 0 aliphatic heterocycles. The predicted octanol–water partition coefficient (Wildman–Crippen LogP) is 2.51. The van der Waals surface area contributed by atoms with Crippen LogP contribution in [0.5, 0.6) is 0 Å². The third kappa shape index (κ3) is 2.92. The Kier molecular flexibility index (Phi) is 3.68. The molecule has 1 heterocycles. The van der Waals surface area contributed by atoms with Crippen LogP contribution in [0.4, 0.5) is 13.2 Å². The van der Waals surface area contributed by atoms with Crippen LogP contribution in [-0.2, 0) is 19.1 Å². The van der Waals surface area contributed by atoms with Crippen LogP contribution in [0.2, 0.25) is 0 Å². The Hall–Kier alpha value is -1.10. The van der Waals surface area contributed by atoms with E-state index >= 15 is 0 Å². The fourth-order valence-corrected chi connectivity index (χ4v) is 1.36. The summed E-state index contributed by atoms with van der Waals surface area (Å²) in [6.07, 6.45) is -2.15. The predicted molar refractivity (Wildman–Crippen MR) is 51.1 cm³/mol. The lowest BCUT2D eigenvalue weighted by Crippen LogP contribution is -2.10. The molecule has 0 spiro atoms. The van der Waals surface area contributed by atoms with Crippen LogP contribution in [-0.4, -0.2) is 4.98 Å². The fourth-order valence-electron chi connectivity index (χ4n) is 1.36. The Labute approximate surface area is 86.3 Å². The normalized spacial score (nSPS) is 11.8. The first kappa shape index (κ1) is 12.0. The monoisotopic (exact) mass is 218 g/mol. The van der Waals surface area contributed by atoms with Gasteiger partial charge in [0.2, 0.25) is 0 Å². The zero-order chi connectivity index (χ0) is 11.5. The van der Waals surface area contributed by atoms with E-state index in [2.05, 4.69) is 4.98 Å². The topological polar surface area (TPSA) is 38.9 Å². The lowest BCUT2D eigenvalue weighted by atomic mass is 10.1. The molecule has 0 bridgehead atoms. The molecule has 5 heteroatoms. The zero-order valence-corrected chi connectivity index (χ0v) is 8.43. The summed E-state index contributed by atoms with van der Waals surface area (Å²) in [7, 11) is 0. The van der Waals surface area contributed by atoms with Crippen LogP contribution in [0, 0.1) is 0 Å². The second-order valence-corrected chi connectivity index (χ2v) is 3.28. The molecule has 15 heavy (non-hydrogen) atoms. The molecule has 1 rings (SSSR count). The van der Waals surface area contributed by atoms with Crippen molar-refractivity contribution < 1.29 is 13.2 Å². The highest BCUT2D eigenvalue weighted by Gasteiger charge is 2.31. The van der Waals surface area contributed by atoms with Crippen molar-refractivity contribution in [2.45, 2.75) is 32.5 Å². The van der Waals surface area contributed by atoms with Crippen molar-refractivity contribution in [1.29, 1.82) is 0 Å². The molecule has 1 aromatic rings. The zero-order valence-electron chi connectivity index (χ0n) is 8.43. The number of hydrogen-bond acceptors (Lipinski definition) is 2. The van der Waals surface area contributed by atoms with Gasteiger partial charge in [-0.25, -0.2) is 0 Å². The number of nitrogens with two attached hydrogens (primary N) is 1. The summed E-state index contributed by atoms with van der Waals surface area (Å²) in [5.74, 6) is 0. The highest BCUT2D eigenvalue weighted by Crippen LogP contribution is 2.29. The SMILES string of the molecule is CCCc1cc(C(F)(F)F)cnc1CN. The Morgan fingerprint density at radius 1 is 1.40 bits per heavy atom. The number of pyridine rings is 1. The van der Waals surface area contributed by atoms with Gasteiger partial charge < -0.3 is 5.73 Å². The van der Waals surface area contributed by atoms with E-state index in [-0.39, 0.29) is 6.54 Å². The van der Waals surface area contributed by atoms with Gasteiger partial charge in [-0.15, -0.1) is 0 Å². The van der Waals surface area contributed by atoms with Crippen molar-refractivity contribution in [3.63, 3.8) is 0 Å². The molecule has 84 valence electrons. The third-order valence-electron chi connectivity index (χ3n) is 2.10. The van der Waals surface area contributed by atoms with Crippen molar-refractivity contribution in [2.24, 2.45) is 5.73 Å². The first-order valence-electron chi connectivity index (χ1n) is 4.74. The van der Waals surface area contributed by atoms with Crippen LogP contribution in [0.25, 0.3) is 0 Å². The summed E-state index contributed by atoms with van der Waals surface area (Å²) in [5, 5.41) is 0. The molecule has 0 atom stereocenters. The Bertz CT molecular complexity index is 334. The first-order chi connectivity index (χ1) is 6.99. The van der Waals surface area contributed by atoms with E-state index in [0.717, 1.165) is 18.7 Å². The largest absolute Gasteiger partial charge is 0.417 e. The molecule has 0 aliphatic rings. The van der Waals surface area contributed by atoms with E-state index in [1.165, 1.54) is 0 Å². The van der Waals surface area contributed by atoms with Gasteiger partial charge in [0.05, 0.1) is 11.3 Å². The molecule has 0 fully saturated rings. The molecule has 0 saturated heterocycles. The standard InChI is InChI=1S/C10H13F3N2/c1-2-3-7-4-8(10(11,12)13)6-15-9(7)5-14/h4,6H,2-3,5,14H2,1H3. The molecule has 0 amide bonds. The summed E-state index contributed by atoms with van der Waals surface area (Å²) in [6, 6.07) is 1.14. The summed E-state index contributed by atoms with van der Waals surface area (Å²) < 4.78 is 37.1. The van der Waals surface area contributed by atoms with Gasteiger partial charge in [0, 0.05) is 12.7 Å². The minimum Gasteiger partial charge on any atom is -0.325 e. The molecular formula is C10H13F3N2. The smallest absolute Gasteiger partial charge is 0.325 e. The van der Waals surface area contributed by atoms with Gasteiger partial charge >= 0.3 is 6.18 Å². The molecule has 0 saturated carbocycles. The third-order valence-corrected chi connectivity index (χ3v) is 2.10. The van der Waals surface area contributed by atoms with Gasteiger partial charge in [-0.1, -0.05) is 13.3 Å². The second kappa shape index (κ2) is 4.61. The summed E-state index contributed by atoms with van der Waals surface area (Å²) >= 11 is 0. The van der Waals surface area contributed by atoms with Crippen molar-refractivity contribution in [3.05, 3.63) is 29.1 Å². The van der Waals surface area contributed by atoms with E-state index in [9.17, 15) is 13.2 Å². The molecule has 0 aliphatic carbocycles. The number of rotatable bonds is 3. The molecule has 0 unspecified atom stereocenters. The van der Waals surface area contributed by atoms with Gasteiger partial charge in [-0.2, -0.15) is 13.2 Å². The maximum Gasteiger partial charge on any atom is 0.417 e. The summed E-state index contributed by atoms with van der Waals surface area (Å²) in [6.45, 7) is 2.08.